The van der Waals surface area contributed by atoms with Crippen LogP contribution in [-0.2, 0) is 24.2 Å². The third kappa shape index (κ3) is 5.19. The maximum Gasteiger partial charge on any atom is 0.220 e. The SMILES string of the molecule is Cc1nn(CC(C)C)c(C)c1CCC(=O)NCCCc1nc2ccccc2s1. The number of para-hydroxylation sites is 1. The number of aryl methyl sites for hydroxylation is 2. The summed E-state index contributed by atoms with van der Waals surface area (Å²) >= 11 is 1.74. The number of nitrogens with one attached hydrogen (secondary N) is 1. The molecule has 5 nitrogen and oxygen atoms in total. The highest BCUT2D eigenvalue weighted by Gasteiger charge is 2.13. The van der Waals surface area contributed by atoms with Crippen LogP contribution in [-0.4, -0.2) is 27.2 Å². The fraction of sp³-hybridized carbons (Fsp3) is 0.500. The first-order valence-electron chi connectivity index (χ1n) is 10.1. The van der Waals surface area contributed by atoms with Gasteiger partial charge in [-0.3, -0.25) is 9.48 Å². The van der Waals surface area contributed by atoms with Gasteiger partial charge in [0.25, 0.3) is 0 Å². The van der Waals surface area contributed by atoms with E-state index in [1.807, 2.05) is 25.1 Å². The summed E-state index contributed by atoms with van der Waals surface area (Å²) < 4.78 is 3.30. The van der Waals surface area contributed by atoms with Crippen molar-refractivity contribution < 1.29 is 4.79 Å². The summed E-state index contributed by atoms with van der Waals surface area (Å²) in [7, 11) is 0. The molecule has 0 saturated heterocycles. The Balaban J connectivity index is 1.42. The number of amides is 1. The molecule has 0 saturated carbocycles. The first-order valence-corrected chi connectivity index (χ1v) is 10.9. The van der Waals surface area contributed by atoms with E-state index < -0.39 is 0 Å². The van der Waals surface area contributed by atoms with Crippen molar-refractivity contribution >= 4 is 27.5 Å². The minimum absolute atomic E-state index is 0.111. The molecule has 3 aromatic rings. The smallest absolute Gasteiger partial charge is 0.220 e. The standard InChI is InChI=1S/C22H30N4OS/c1-15(2)14-26-17(4)18(16(3)25-26)11-12-21(27)23-13-7-10-22-24-19-8-5-6-9-20(19)28-22/h5-6,8-9,15H,7,10-14H2,1-4H3,(H,23,27). The van der Waals surface area contributed by atoms with Gasteiger partial charge in [-0.05, 0) is 50.3 Å². The van der Waals surface area contributed by atoms with Crippen molar-refractivity contribution in [2.75, 3.05) is 6.54 Å². The molecule has 0 atom stereocenters. The Morgan fingerprint density at radius 1 is 1.21 bits per heavy atom. The molecule has 1 amide bonds. The van der Waals surface area contributed by atoms with Crippen LogP contribution in [0, 0.1) is 19.8 Å². The van der Waals surface area contributed by atoms with E-state index >= 15 is 0 Å². The monoisotopic (exact) mass is 398 g/mol. The number of benzene rings is 1. The number of carbonyl (C=O) groups is 1. The Morgan fingerprint density at radius 2 is 2.00 bits per heavy atom. The van der Waals surface area contributed by atoms with Crippen molar-refractivity contribution in [2.45, 2.75) is 59.9 Å². The van der Waals surface area contributed by atoms with Gasteiger partial charge in [-0.25, -0.2) is 4.98 Å². The highest BCUT2D eigenvalue weighted by molar-refractivity contribution is 7.18. The summed E-state index contributed by atoms with van der Waals surface area (Å²) in [5, 5.41) is 8.82. The van der Waals surface area contributed by atoms with Gasteiger partial charge in [-0.1, -0.05) is 26.0 Å². The second kappa shape index (κ2) is 9.32. The zero-order chi connectivity index (χ0) is 20.1. The number of fused-ring (bicyclic) bond motifs is 1. The average molecular weight is 399 g/mol. The van der Waals surface area contributed by atoms with Crippen LogP contribution in [0.15, 0.2) is 24.3 Å². The number of thiazole rings is 1. The number of hydrogen-bond donors (Lipinski definition) is 1. The third-order valence-corrected chi connectivity index (χ3v) is 6.00. The predicted molar refractivity (Wildman–Crippen MR) is 116 cm³/mol. The molecule has 0 bridgehead atoms. The molecule has 3 rings (SSSR count). The molecule has 0 radical (unpaired) electrons. The van der Waals surface area contributed by atoms with Crippen LogP contribution in [0.5, 0.6) is 0 Å². The van der Waals surface area contributed by atoms with E-state index in [1.165, 1.54) is 16.0 Å². The Kier molecular flexibility index (Phi) is 6.83. The quantitative estimate of drug-likeness (QED) is 0.542. The van der Waals surface area contributed by atoms with E-state index in [4.69, 9.17) is 0 Å². The number of nitrogens with zero attached hydrogens (tertiary/aromatic N) is 3. The normalized spacial score (nSPS) is 11.5. The van der Waals surface area contributed by atoms with Gasteiger partial charge in [0, 0.05) is 31.6 Å². The second-order valence-corrected chi connectivity index (χ2v) is 8.87. The molecule has 0 aliphatic carbocycles. The maximum atomic E-state index is 12.2. The molecule has 0 aliphatic heterocycles. The van der Waals surface area contributed by atoms with Crippen LogP contribution in [0.4, 0.5) is 0 Å². The molecule has 1 aromatic carbocycles. The van der Waals surface area contributed by atoms with Crippen LogP contribution >= 0.6 is 11.3 Å². The highest BCUT2D eigenvalue weighted by Crippen LogP contribution is 2.22. The molecule has 1 N–H and O–H groups in total. The number of carbonyl (C=O) groups excluding carboxylic acids is 1. The predicted octanol–water partition coefficient (Wildman–Crippen LogP) is 4.45. The van der Waals surface area contributed by atoms with Gasteiger partial charge >= 0.3 is 0 Å². The first-order chi connectivity index (χ1) is 13.4. The van der Waals surface area contributed by atoms with Crippen LogP contribution in [0.3, 0.4) is 0 Å². The lowest BCUT2D eigenvalue weighted by atomic mass is 10.1. The largest absolute Gasteiger partial charge is 0.356 e. The second-order valence-electron chi connectivity index (χ2n) is 7.75. The molecular formula is C22H30N4OS. The van der Waals surface area contributed by atoms with Crippen molar-refractivity contribution in [3.63, 3.8) is 0 Å². The van der Waals surface area contributed by atoms with E-state index in [-0.39, 0.29) is 5.91 Å². The average Bonchev–Trinajstić information content (AvgIpc) is 3.17. The van der Waals surface area contributed by atoms with Gasteiger partial charge in [0.2, 0.25) is 5.91 Å². The Hall–Kier alpha value is -2.21. The van der Waals surface area contributed by atoms with Crippen molar-refractivity contribution in [1.82, 2.24) is 20.1 Å². The molecule has 2 heterocycles. The lowest BCUT2D eigenvalue weighted by Gasteiger charge is -2.08. The third-order valence-electron chi connectivity index (χ3n) is 4.90. The molecule has 6 heteroatoms. The fourth-order valence-electron chi connectivity index (χ4n) is 3.44. The summed E-state index contributed by atoms with van der Waals surface area (Å²) in [4.78, 5) is 16.9. The molecule has 2 aromatic heterocycles. The first kappa shape index (κ1) is 20.5. The lowest BCUT2D eigenvalue weighted by molar-refractivity contribution is -0.121. The molecule has 0 aliphatic rings. The molecular weight excluding hydrogens is 368 g/mol. The van der Waals surface area contributed by atoms with Crippen molar-refractivity contribution in [3.05, 3.63) is 46.2 Å². The lowest BCUT2D eigenvalue weighted by Crippen LogP contribution is -2.25. The topological polar surface area (TPSA) is 59.8 Å². The minimum Gasteiger partial charge on any atom is -0.356 e. The zero-order valence-electron chi connectivity index (χ0n) is 17.3. The fourth-order valence-corrected chi connectivity index (χ4v) is 4.45. The van der Waals surface area contributed by atoms with Gasteiger partial charge in [0.1, 0.15) is 0 Å². The Morgan fingerprint density at radius 3 is 2.75 bits per heavy atom. The molecule has 150 valence electrons. The van der Waals surface area contributed by atoms with Crippen molar-refractivity contribution in [1.29, 1.82) is 0 Å². The molecule has 28 heavy (non-hydrogen) atoms. The van der Waals surface area contributed by atoms with Crippen LogP contribution in [0.25, 0.3) is 10.2 Å². The van der Waals surface area contributed by atoms with Gasteiger partial charge < -0.3 is 5.32 Å². The summed E-state index contributed by atoms with van der Waals surface area (Å²) in [6, 6.07) is 8.21. The highest BCUT2D eigenvalue weighted by atomic mass is 32.1. The van der Waals surface area contributed by atoms with Gasteiger partial charge in [0.05, 0.1) is 20.9 Å². The Labute approximate surface area is 171 Å². The summed E-state index contributed by atoms with van der Waals surface area (Å²) in [6.07, 6.45) is 3.07. The van der Waals surface area contributed by atoms with E-state index in [1.54, 1.807) is 11.3 Å². The van der Waals surface area contributed by atoms with Crippen LogP contribution in [0.1, 0.15) is 48.6 Å². The van der Waals surface area contributed by atoms with Crippen LogP contribution in [0.2, 0.25) is 0 Å². The summed E-state index contributed by atoms with van der Waals surface area (Å²) in [5.41, 5.74) is 4.51. The number of hydrogen-bond acceptors (Lipinski definition) is 4. The van der Waals surface area contributed by atoms with E-state index in [0.717, 1.165) is 42.0 Å². The molecule has 0 fully saturated rings. The van der Waals surface area contributed by atoms with Gasteiger partial charge in [0.15, 0.2) is 0 Å². The molecule has 0 spiro atoms. The van der Waals surface area contributed by atoms with Gasteiger partial charge in [-0.2, -0.15) is 5.10 Å². The maximum absolute atomic E-state index is 12.2. The van der Waals surface area contributed by atoms with Gasteiger partial charge in [-0.15, -0.1) is 11.3 Å². The number of aromatic nitrogens is 3. The summed E-state index contributed by atoms with van der Waals surface area (Å²) in [5.74, 6) is 0.671. The van der Waals surface area contributed by atoms with Crippen molar-refractivity contribution in [2.24, 2.45) is 5.92 Å². The Bertz CT molecular complexity index is 908. The summed E-state index contributed by atoms with van der Waals surface area (Å²) in [6.45, 7) is 10.1. The zero-order valence-corrected chi connectivity index (χ0v) is 18.1. The van der Waals surface area contributed by atoms with Crippen molar-refractivity contribution in [3.8, 4) is 0 Å². The van der Waals surface area contributed by atoms with E-state index in [0.29, 0.717) is 18.9 Å². The number of rotatable bonds is 9. The van der Waals surface area contributed by atoms with E-state index in [9.17, 15) is 4.79 Å². The van der Waals surface area contributed by atoms with Crippen LogP contribution < -0.4 is 5.32 Å². The molecule has 0 unspecified atom stereocenters. The van der Waals surface area contributed by atoms with E-state index in [2.05, 4.69) is 46.9 Å². The minimum atomic E-state index is 0.111.